The fraction of sp³-hybridized carbons (Fsp3) is 0.292. The average Bonchev–Trinajstić information content (AvgIpc) is 3.36. The lowest BCUT2D eigenvalue weighted by Gasteiger charge is -2.13. The summed E-state index contributed by atoms with van der Waals surface area (Å²) in [5.74, 6) is 0.869. The number of ether oxygens (including phenoxy) is 2. The van der Waals surface area contributed by atoms with E-state index in [1.807, 2.05) is 24.4 Å². The van der Waals surface area contributed by atoms with Gasteiger partial charge in [-0.2, -0.15) is 0 Å². The van der Waals surface area contributed by atoms with E-state index in [0.717, 1.165) is 27.1 Å². The largest absolute Gasteiger partial charge is 0.497 e. The van der Waals surface area contributed by atoms with Crippen molar-refractivity contribution in [3.63, 3.8) is 0 Å². The monoisotopic (exact) mass is 450 g/mol. The first-order valence-electron chi connectivity index (χ1n) is 10.7. The van der Waals surface area contributed by atoms with Crippen LogP contribution in [0.4, 0.5) is 10.5 Å². The second kappa shape index (κ2) is 9.64. The molecule has 4 rings (SSSR count). The van der Waals surface area contributed by atoms with E-state index in [0.29, 0.717) is 24.4 Å². The van der Waals surface area contributed by atoms with Crippen LogP contribution in [0, 0.1) is 0 Å². The molecule has 1 aliphatic heterocycles. The summed E-state index contributed by atoms with van der Waals surface area (Å²) >= 11 is 0. The number of rotatable bonds is 9. The van der Waals surface area contributed by atoms with Gasteiger partial charge in [-0.25, -0.2) is 9.69 Å². The molecule has 172 valence electrons. The predicted octanol–water partition coefficient (Wildman–Crippen LogP) is 2.75. The summed E-state index contributed by atoms with van der Waals surface area (Å²) in [5.41, 5.74) is 2.55. The number of fused-ring (bicyclic) bond motifs is 1. The van der Waals surface area contributed by atoms with Gasteiger partial charge in [-0.15, -0.1) is 0 Å². The van der Waals surface area contributed by atoms with Gasteiger partial charge in [0, 0.05) is 30.1 Å². The van der Waals surface area contributed by atoms with E-state index < -0.39 is 12.1 Å². The molecule has 1 fully saturated rings. The molecule has 9 nitrogen and oxygen atoms in total. The van der Waals surface area contributed by atoms with E-state index in [1.54, 1.807) is 38.5 Å². The lowest BCUT2D eigenvalue weighted by molar-refractivity contribution is -0.121. The molecule has 0 unspecified atom stereocenters. The van der Waals surface area contributed by atoms with Gasteiger partial charge in [-0.1, -0.05) is 0 Å². The Balaban J connectivity index is 1.27. The molecule has 33 heavy (non-hydrogen) atoms. The number of anilines is 1. The van der Waals surface area contributed by atoms with Gasteiger partial charge in [-0.05, 0) is 60.9 Å². The van der Waals surface area contributed by atoms with Crippen LogP contribution < -0.4 is 25.0 Å². The first kappa shape index (κ1) is 22.2. The molecule has 0 spiro atoms. The summed E-state index contributed by atoms with van der Waals surface area (Å²) in [6, 6.07) is 11.2. The molecule has 2 heterocycles. The smallest absolute Gasteiger partial charge is 0.329 e. The van der Waals surface area contributed by atoms with E-state index in [-0.39, 0.29) is 24.7 Å². The lowest BCUT2D eigenvalue weighted by Crippen LogP contribution is -2.33. The van der Waals surface area contributed by atoms with Crippen molar-refractivity contribution in [3.8, 4) is 11.5 Å². The molecule has 0 saturated carbocycles. The number of aromatic nitrogens is 1. The minimum Gasteiger partial charge on any atom is -0.497 e. The Bertz CT molecular complexity index is 1170. The van der Waals surface area contributed by atoms with Gasteiger partial charge in [0.25, 0.3) is 5.91 Å². The van der Waals surface area contributed by atoms with Crippen molar-refractivity contribution in [2.75, 3.05) is 25.7 Å². The molecule has 1 saturated heterocycles. The van der Waals surface area contributed by atoms with Crippen molar-refractivity contribution in [1.29, 1.82) is 0 Å². The third-order valence-corrected chi connectivity index (χ3v) is 5.70. The third kappa shape index (κ3) is 4.77. The van der Waals surface area contributed by atoms with Gasteiger partial charge < -0.3 is 25.1 Å². The molecule has 0 aliphatic carbocycles. The van der Waals surface area contributed by atoms with E-state index in [1.165, 1.54) is 0 Å². The highest BCUT2D eigenvalue weighted by Gasteiger charge is 2.38. The highest BCUT2D eigenvalue weighted by Crippen LogP contribution is 2.25. The number of H-pyrrole nitrogens is 1. The van der Waals surface area contributed by atoms with Crippen LogP contribution in [0.3, 0.4) is 0 Å². The number of hydrogen-bond acceptors (Lipinski definition) is 5. The molecule has 3 aromatic rings. The molecule has 0 bridgehead atoms. The van der Waals surface area contributed by atoms with Crippen LogP contribution in [0.2, 0.25) is 0 Å². The van der Waals surface area contributed by atoms with Gasteiger partial charge >= 0.3 is 6.03 Å². The van der Waals surface area contributed by atoms with Crippen molar-refractivity contribution in [2.24, 2.45) is 0 Å². The number of urea groups is 1. The normalized spacial score (nSPS) is 15.6. The first-order valence-corrected chi connectivity index (χ1v) is 10.7. The molecule has 2 aromatic carbocycles. The highest BCUT2D eigenvalue weighted by molar-refractivity contribution is 6.21. The van der Waals surface area contributed by atoms with Crippen molar-refractivity contribution >= 4 is 34.4 Å². The molecular formula is C24H26N4O5. The summed E-state index contributed by atoms with van der Waals surface area (Å²) in [7, 11) is 3.17. The fourth-order valence-electron chi connectivity index (χ4n) is 3.89. The van der Waals surface area contributed by atoms with Gasteiger partial charge in [-0.3, -0.25) is 9.59 Å². The van der Waals surface area contributed by atoms with Crippen molar-refractivity contribution in [1.82, 2.24) is 15.6 Å². The van der Waals surface area contributed by atoms with Crippen LogP contribution in [-0.4, -0.2) is 49.6 Å². The summed E-state index contributed by atoms with van der Waals surface area (Å²) < 4.78 is 10.4. The Kier molecular flexibility index (Phi) is 6.48. The van der Waals surface area contributed by atoms with Crippen LogP contribution in [0.5, 0.6) is 11.5 Å². The minimum absolute atomic E-state index is 0.134. The van der Waals surface area contributed by atoms with Crippen LogP contribution in [0.1, 0.15) is 18.4 Å². The number of imide groups is 1. The molecule has 1 aromatic heterocycles. The van der Waals surface area contributed by atoms with Gasteiger partial charge in [0.2, 0.25) is 5.91 Å². The summed E-state index contributed by atoms with van der Waals surface area (Å²) in [5, 5.41) is 6.60. The second-order valence-electron chi connectivity index (χ2n) is 7.74. The molecule has 3 N–H and O–H groups in total. The van der Waals surface area contributed by atoms with E-state index in [2.05, 4.69) is 15.6 Å². The first-order chi connectivity index (χ1) is 16.0. The third-order valence-electron chi connectivity index (χ3n) is 5.70. The standard InChI is InChI=1S/C24H26N4O5/c1-32-17-5-3-16(4-6-17)28-23(30)21(27-24(28)31)9-10-22(29)25-12-11-15-14-26-20-8-7-18(33-2)13-19(15)20/h3-8,13-14,21,26H,9-12H2,1-2H3,(H,25,29)(H,27,31)/t21-/m1/s1. The lowest BCUT2D eigenvalue weighted by atomic mass is 10.1. The SMILES string of the molecule is COc1ccc(N2C(=O)N[C@H](CCC(=O)NCCc3c[nH]c4ccc(OC)cc34)C2=O)cc1. The Hall–Kier alpha value is -4.01. The maximum Gasteiger partial charge on any atom is 0.329 e. The van der Waals surface area contributed by atoms with Gasteiger partial charge in [0.15, 0.2) is 0 Å². The van der Waals surface area contributed by atoms with E-state index >= 15 is 0 Å². The average molecular weight is 450 g/mol. The number of carbonyl (C=O) groups excluding carboxylic acids is 3. The molecule has 0 radical (unpaired) electrons. The molecular weight excluding hydrogens is 424 g/mol. The Morgan fingerprint density at radius 2 is 1.79 bits per heavy atom. The Morgan fingerprint density at radius 1 is 1.06 bits per heavy atom. The zero-order valence-corrected chi connectivity index (χ0v) is 18.5. The number of nitrogens with one attached hydrogen (secondary N) is 3. The minimum atomic E-state index is -0.730. The van der Waals surface area contributed by atoms with Gasteiger partial charge in [0.1, 0.15) is 17.5 Å². The van der Waals surface area contributed by atoms with Crippen LogP contribution in [0.25, 0.3) is 10.9 Å². The van der Waals surface area contributed by atoms with Crippen LogP contribution in [-0.2, 0) is 16.0 Å². The predicted molar refractivity (Wildman–Crippen MR) is 124 cm³/mol. The van der Waals surface area contributed by atoms with Crippen LogP contribution in [0.15, 0.2) is 48.7 Å². The summed E-state index contributed by atoms with van der Waals surface area (Å²) in [6.07, 6.45) is 2.95. The number of aromatic amines is 1. The second-order valence-corrected chi connectivity index (χ2v) is 7.74. The maximum absolute atomic E-state index is 12.7. The number of benzene rings is 2. The summed E-state index contributed by atoms with van der Waals surface area (Å²) in [6.45, 7) is 0.464. The van der Waals surface area contributed by atoms with E-state index in [4.69, 9.17) is 9.47 Å². The molecule has 4 amide bonds. The van der Waals surface area contributed by atoms with Crippen molar-refractivity contribution in [2.45, 2.75) is 25.3 Å². The number of amides is 4. The topological polar surface area (TPSA) is 113 Å². The van der Waals surface area contributed by atoms with Crippen LogP contribution >= 0.6 is 0 Å². The van der Waals surface area contributed by atoms with Gasteiger partial charge in [0.05, 0.1) is 19.9 Å². The molecule has 1 aliphatic rings. The fourth-order valence-corrected chi connectivity index (χ4v) is 3.89. The maximum atomic E-state index is 12.7. The highest BCUT2D eigenvalue weighted by atomic mass is 16.5. The molecule has 9 heteroatoms. The molecule has 1 atom stereocenters. The zero-order chi connectivity index (χ0) is 23.4. The summed E-state index contributed by atoms with van der Waals surface area (Å²) in [4.78, 5) is 41.6. The number of carbonyl (C=O) groups is 3. The van der Waals surface area contributed by atoms with Crippen molar-refractivity contribution in [3.05, 3.63) is 54.2 Å². The van der Waals surface area contributed by atoms with E-state index in [9.17, 15) is 14.4 Å². The Morgan fingerprint density at radius 3 is 2.52 bits per heavy atom. The zero-order valence-electron chi connectivity index (χ0n) is 18.5. The Labute approximate surface area is 191 Å². The van der Waals surface area contributed by atoms with Crippen molar-refractivity contribution < 1.29 is 23.9 Å². The number of nitrogens with zero attached hydrogens (tertiary/aromatic N) is 1. The quantitative estimate of drug-likeness (QED) is 0.434. The number of hydrogen-bond donors (Lipinski definition) is 3. The number of methoxy groups -OCH3 is 2.